The van der Waals surface area contributed by atoms with Crippen LogP contribution in [0.2, 0.25) is 0 Å². The Morgan fingerprint density at radius 1 is 0.388 bits per heavy atom. The van der Waals surface area contributed by atoms with Crippen LogP contribution in [0.25, 0.3) is 0 Å². The summed E-state index contributed by atoms with van der Waals surface area (Å²) in [6, 6.07) is 0. The Kier molecular flexibility index (Phi) is 56.7. The van der Waals surface area contributed by atoms with Gasteiger partial charge in [0, 0.05) is 19.3 Å². The Balaban J connectivity index is 2.63. The highest BCUT2D eigenvalue weighted by molar-refractivity contribution is 5.74. The number of ether oxygens (including phenoxy) is 5. The van der Waals surface area contributed by atoms with Gasteiger partial charge in [0.05, 0.1) is 6.61 Å². The van der Waals surface area contributed by atoms with Gasteiger partial charge in [-0.25, -0.2) is 4.79 Å². The third-order valence-electron chi connectivity index (χ3n) is 16.1. The van der Waals surface area contributed by atoms with E-state index < -0.39 is 67.3 Å². The highest BCUT2D eigenvalue weighted by atomic mass is 16.7. The van der Waals surface area contributed by atoms with Gasteiger partial charge in [-0.05, 0) is 89.9 Å². The average Bonchev–Trinajstić information content (AvgIpc) is 3.51. The number of allylic oxidation sites excluding steroid dienone is 10. The first-order valence-electron chi connectivity index (χ1n) is 35.3. The summed E-state index contributed by atoms with van der Waals surface area (Å²) in [7, 11) is 0. The summed E-state index contributed by atoms with van der Waals surface area (Å²) in [6.07, 6.45) is 64.5. The molecule has 492 valence electrons. The fraction of sp³-hybridized carbons (Fsp3) is 0.808. The summed E-state index contributed by atoms with van der Waals surface area (Å²) < 4.78 is 28.6. The summed E-state index contributed by atoms with van der Waals surface area (Å²) in [4.78, 5) is 51.5. The van der Waals surface area contributed by atoms with Crippen molar-refractivity contribution in [1.29, 1.82) is 0 Å². The van der Waals surface area contributed by atoms with E-state index in [1.165, 1.54) is 148 Å². The number of hydrogen-bond donors (Lipinski definition) is 3. The molecule has 6 atom stereocenters. The van der Waals surface area contributed by atoms with Gasteiger partial charge in [0.15, 0.2) is 24.6 Å². The maximum Gasteiger partial charge on any atom is 0.335 e. The quantitative estimate of drug-likeness (QED) is 0.0228. The SMILES string of the molecule is CCCCC/C=C\C/C=C\C/C=C\CCCCCCCCC(=O)OCC(COC1OC(C(=O)O)C(O)C(O)C1OC(=O)CCCCCCCCCCCCCCCCCCCCC)OC(=O)CCCCCCCCC/C=C\C/C=C\CCCCC. The zero-order valence-corrected chi connectivity index (χ0v) is 54.6. The van der Waals surface area contributed by atoms with E-state index in [4.69, 9.17) is 23.7 Å². The van der Waals surface area contributed by atoms with Crippen LogP contribution < -0.4 is 0 Å². The topological polar surface area (TPSA) is 175 Å². The third kappa shape index (κ3) is 50.0. The molecule has 12 heteroatoms. The molecule has 1 saturated heterocycles. The molecule has 1 fully saturated rings. The van der Waals surface area contributed by atoms with Gasteiger partial charge in [0.1, 0.15) is 18.8 Å². The number of carbonyl (C=O) groups is 4. The third-order valence-corrected chi connectivity index (χ3v) is 16.1. The normalized spacial score (nSPS) is 17.8. The molecule has 3 N–H and O–H groups in total. The molecule has 0 aliphatic carbocycles. The molecule has 1 aliphatic rings. The summed E-state index contributed by atoms with van der Waals surface area (Å²) in [6.45, 7) is 5.99. The van der Waals surface area contributed by atoms with E-state index in [1.807, 2.05) is 0 Å². The minimum absolute atomic E-state index is 0.0620. The fourth-order valence-electron chi connectivity index (χ4n) is 10.6. The van der Waals surface area contributed by atoms with Crippen LogP contribution in [0.1, 0.15) is 329 Å². The van der Waals surface area contributed by atoms with Crippen molar-refractivity contribution < 1.29 is 58.2 Å². The predicted octanol–water partition coefficient (Wildman–Crippen LogP) is 19.5. The molecule has 12 nitrogen and oxygen atoms in total. The Hall–Kier alpha value is -3.58. The predicted molar refractivity (Wildman–Crippen MR) is 349 cm³/mol. The van der Waals surface area contributed by atoms with Crippen molar-refractivity contribution in [3.63, 3.8) is 0 Å². The van der Waals surface area contributed by atoms with Gasteiger partial charge in [0.25, 0.3) is 0 Å². The van der Waals surface area contributed by atoms with E-state index in [-0.39, 0.29) is 25.9 Å². The molecule has 1 aliphatic heterocycles. The van der Waals surface area contributed by atoms with E-state index in [2.05, 4.69) is 81.5 Å². The van der Waals surface area contributed by atoms with Crippen molar-refractivity contribution in [2.24, 2.45) is 0 Å². The van der Waals surface area contributed by atoms with E-state index >= 15 is 0 Å². The van der Waals surface area contributed by atoms with Crippen LogP contribution in [-0.4, -0.2) is 89.2 Å². The van der Waals surface area contributed by atoms with Crippen molar-refractivity contribution >= 4 is 23.9 Å². The van der Waals surface area contributed by atoms with Gasteiger partial charge in [-0.1, -0.05) is 281 Å². The highest BCUT2D eigenvalue weighted by Gasteiger charge is 2.50. The molecule has 0 aromatic heterocycles. The Morgan fingerprint density at radius 3 is 1.09 bits per heavy atom. The summed E-state index contributed by atoms with van der Waals surface area (Å²) >= 11 is 0. The first-order valence-corrected chi connectivity index (χ1v) is 35.3. The molecule has 1 heterocycles. The fourth-order valence-corrected chi connectivity index (χ4v) is 10.6. The van der Waals surface area contributed by atoms with Crippen molar-refractivity contribution in [2.75, 3.05) is 13.2 Å². The summed E-state index contributed by atoms with van der Waals surface area (Å²) in [5.74, 6) is -3.12. The number of aliphatic carboxylic acids is 1. The molecule has 0 bridgehead atoms. The van der Waals surface area contributed by atoms with Crippen LogP contribution >= 0.6 is 0 Å². The lowest BCUT2D eigenvalue weighted by Crippen LogP contribution is -2.61. The standard InChI is InChI=1S/C73H128O12/c1-4-7-10-13-16-19-22-25-28-31-33-36-38-41-44-47-50-53-56-59-65(74)81-62-64(83-66(75)60-57-54-51-48-45-42-39-35-30-27-24-21-18-15-12-9-6-3)63-82-73-71(69(78)68(77)70(85-73)72(79)80)84-67(76)61-58-55-52-49-46-43-40-37-34-32-29-26-23-20-17-14-11-8-5-2/h16,18-19,21,25,27-28,30,33,36,64,68-71,73,77-78H,4-15,17,20,22-24,26,29,31-32,34-35,37-63H2,1-3H3,(H,79,80)/b19-16-,21-18-,28-25-,30-27-,36-33-. The van der Waals surface area contributed by atoms with Crippen LogP contribution in [-0.2, 0) is 42.9 Å². The number of aliphatic hydroxyl groups excluding tert-OH is 2. The van der Waals surface area contributed by atoms with Crippen LogP contribution in [0.5, 0.6) is 0 Å². The zero-order valence-electron chi connectivity index (χ0n) is 54.6. The minimum Gasteiger partial charge on any atom is -0.479 e. The van der Waals surface area contributed by atoms with E-state index in [0.717, 1.165) is 122 Å². The van der Waals surface area contributed by atoms with E-state index in [9.17, 15) is 34.5 Å². The molecular weight excluding hydrogens is 1070 g/mol. The molecular formula is C73H128O12. The van der Waals surface area contributed by atoms with E-state index in [0.29, 0.717) is 19.3 Å². The maximum absolute atomic E-state index is 13.2. The second-order valence-electron chi connectivity index (χ2n) is 24.2. The molecule has 0 spiro atoms. The lowest BCUT2D eigenvalue weighted by atomic mass is 9.98. The maximum atomic E-state index is 13.2. The van der Waals surface area contributed by atoms with Gasteiger partial charge < -0.3 is 39.0 Å². The van der Waals surface area contributed by atoms with Crippen molar-refractivity contribution in [3.8, 4) is 0 Å². The van der Waals surface area contributed by atoms with Crippen LogP contribution in [0.4, 0.5) is 0 Å². The van der Waals surface area contributed by atoms with Gasteiger partial charge in [-0.15, -0.1) is 0 Å². The Bertz CT molecular complexity index is 1710. The number of aliphatic hydroxyl groups is 2. The van der Waals surface area contributed by atoms with Crippen LogP contribution in [0.15, 0.2) is 60.8 Å². The minimum atomic E-state index is -1.91. The lowest BCUT2D eigenvalue weighted by molar-refractivity contribution is -0.301. The largest absolute Gasteiger partial charge is 0.479 e. The molecule has 0 radical (unpaired) electrons. The van der Waals surface area contributed by atoms with Crippen molar-refractivity contribution in [1.82, 2.24) is 0 Å². The van der Waals surface area contributed by atoms with Crippen LogP contribution in [0.3, 0.4) is 0 Å². The Labute approximate surface area is 519 Å². The number of rotatable bonds is 61. The molecule has 0 amide bonds. The molecule has 0 aromatic rings. The second-order valence-corrected chi connectivity index (χ2v) is 24.2. The highest BCUT2D eigenvalue weighted by Crippen LogP contribution is 2.27. The number of esters is 3. The van der Waals surface area contributed by atoms with Crippen LogP contribution in [0, 0.1) is 0 Å². The number of carboxylic acid groups (broad SMARTS) is 1. The number of unbranched alkanes of at least 4 members (excludes halogenated alkanes) is 37. The monoisotopic (exact) mass is 1200 g/mol. The lowest BCUT2D eigenvalue weighted by Gasteiger charge is -2.40. The van der Waals surface area contributed by atoms with Gasteiger partial charge in [-0.3, -0.25) is 14.4 Å². The molecule has 0 aromatic carbocycles. The Morgan fingerprint density at radius 2 is 0.706 bits per heavy atom. The molecule has 6 unspecified atom stereocenters. The first-order chi connectivity index (χ1) is 41.6. The van der Waals surface area contributed by atoms with Crippen molar-refractivity contribution in [3.05, 3.63) is 60.8 Å². The molecule has 85 heavy (non-hydrogen) atoms. The molecule has 0 saturated carbocycles. The second kappa shape index (κ2) is 60.7. The van der Waals surface area contributed by atoms with Crippen molar-refractivity contribution in [2.45, 2.75) is 366 Å². The number of hydrogen-bond acceptors (Lipinski definition) is 11. The van der Waals surface area contributed by atoms with Gasteiger partial charge in [-0.2, -0.15) is 0 Å². The zero-order chi connectivity index (χ0) is 61.7. The summed E-state index contributed by atoms with van der Waals surface area (Å²) in [5.41, 5.74) is 0. The molecule has 1 rings (SSSR count). The average molecular weight is 1200 g/mol. The van der Waals surface area contributed by atoms with Gasteiger partial charge in [0.2, 0.25) is 0 Å². The number of carboxylic acids is 1. The van der Waals surface area contributed by atoms with Gasteiger partial charge >= 0.3 is 23.9 Å². The first kappa shape index (κ1) is 79.4. The smallest absolute Gasteiger partial charge is 0.335 e. The summed E-state index contributed by atoms with van der Waals surface area (Å²) in [5, 5.41) is 31.7. The van der Waals surface area contributed by atoms with E-state index in [1.54, 1.807) is 0 Å². The number of carbonyl (C=O) groups excluding carboxylic acids is 3.